The van der Waals surface area contributed by atoms with Crippen LogP contribution in [0.25, 0.3) is 77.2 Å². The highest BCUT2D eigenvalue weighted by Gasteiger charge is 2.18. The van der Waals surface area contributed by atoms with E-state index in [0.29, 0.717) is 11.1 Å². The van der Waals surface area contributed by atoms with Gasteiger partial charge < -0.3 is 9.13 Å². The van der Waals surface area contributed by atoms with E-state index in [2.05, 4.69) is 155 Å². The summed E-state index contributed by atoms with van der Waals surface area (Å²) in [6.07, 6.45) is 0. The Morgan fingerprint density at radius 2 is 0.854 bits per heavy atom. The topological polar surface area (TPSA) is 57.4 Å². The molecule has 0 saturated heterocycles. The summed E-state index contributed by atoms with van der Waals surface area (Å²) in [5, 5.41) is 24.3. The van der Waals surface area contributed by atoms with Crippen molar-refractivity contribution in [2.45, 2.75) is 0 Å². The first-order chi connectivity index (χ1) is 23.7. The molecular weight excluding hydrogens is 585 g/mol. The number of fused-ring (bicyclic) bond motifs is 6. The van der Waals surface area contributed by atoms with E-state index in [0.717, 1.165) is 55.3 Å². The minimum Gasteiger partial charge on any atom is -0.309 e. The molecule has 0 aliphatic carbocycles. The molecule has 4 nitrogen and oxygen atoms in total. The molecular formula is C44H26N4. The monoisotopic (exact) mass is 610 g/mol. The van der Waals surface area contributed by atoms with Crippen molar-refractivity contribution in [1.29, 1.82) is 10.5 Å². The van der Waals surface area contributed by atoms with Gasteiger partial charge in [0.2, 0.25) is 0 Å². The molecule has 0 aliphatic rings. The Bertz CT molecular complexity index is 2720. The highest BCUT2D eigenvalue weighted by molar-refractivity contribution is 6.13. The lowest BCUT2D eigenvalue weighted by atomic mass is 9.94. The number of hydrogen-bond acceptors (Lipinski definition) is 2. The van der Waals surface area contributed by atoms with E-state index in [-0.39, 0.29) is 0 Å². The second-order valence-electron chi connectivity index (χ2n) is 12.0. The van der Waals surface area contributed by atoms with Gasteiger partial charge in [0.15, 0.2) is 0 Å². The van der Waals surface area contributed by atoms with E-state index < -0.39 is 0 Å². The molecule has 0 unspecified atom stereocenters. The zero-order valence-electron chi connectivity index (χ0n) is 25.8. The summed E-state index contributed by atoms with van der Waals surface area (Å²) in [6.45, 7) is 0. The smallest absolute Gasteiger partial charge is 0.0992 e. The Morgan fingerprint density at radius 3 is 1.50 bits per heavy atom. The van der Waals surface area contributed by atoms with Crippen LogP contribution in [0.15, 0.2) is 158 Å². The molecule has 9 rings (SSSR count). The zero-order valence-corrected chi connectivity index (χ0v) is 25.8. The molecule has 9 aromatic rings. The van der Waals surface area contributed by atoms with Crippen molar-refractivity contribution in [3.8, 4) is 45.8 Å². The quantitative estimate of drug-likeness (QED) is 0.199. The van der Waals surface area contributed by atoms with E-state index >= 15 is 0 Å². The third-order valence-corrected chi connectivity index (χ3v) is 9.34. The predicted octanol–water partition coefficient (Wildman–Crippen LogP) is 11.0. The maximum absolute atomic E-state index is 9.83. The van der Waals surface area contributed by atoms with E-state index in [9.17, 15) is 10.5 Å². The average molecular weight is 611 g/mol. The van der Waals surface area contributed by atoms with Crippen molar-refractivity contribution in [2.75, 3.05) is 0 Å². The molecule has 0 atom stereocenters. The van der Waals surface area contributed by atoms with Crippen molar-refractivity contribution in [3.05, 3.63) is 169 Å². The summed E-state index contributed by atoms with van der Waals surface area (Å²) >= 11 is 0. The first-order valence-electron chi connectivity index (χ1n) is 15.9. The van der Waals surface area contributed by atoms with Gasteiger partial charge in [-0.1, -0.05) is 97.1 Å². The van der Waals surface area contributed by atoms with Crippen molar-refractivity contribution in [2.24, 2.45) is 0 Å². The molecule has 222 valence electrons. The van der Waals surface area contributed by atoms with Gasteiger partial charge in [0.25, 0.3) is 0 Å². The summed E-state index contributed by atoms with van der Waals surface area (Å²) in [5.74, 6) is 0. The van der Waals surface area contributed by atoms with Crippen molar-refractivity contribution in [3.63, 3.8) is 0 Å². The minimum atomic E-state index is 0.453. The fourth-order valence-corrected chi connectivity index (χ4v) is 7.27. The van der Waals surface area contributed by atoms with Gasteiger partial charge in [0.1, 0.15) is 0 Å². The first kappa shape index (κ1) is 27.4. The van der Waals surface area contributed by atoms with Gasteiger partial charge in [0.05, 0.1) is 45.3 Å². The Kier molecular flexibility index (Phi) is 6.22. The Labute approximate surface area is 277 Å². The normalized spacial score (nSPS) is 11.3. The second kappa shape index (κ2) is 10.9. The highest BCUT2D eigenvalue weighted by Crippen LogP contribution is 2.40. The van der Waals surface area contributed by atoms with Gasteiger partial charge in [0, 0.05) is 32.9 Å². The summed E-state index contributed by atoms with van der Waals surface area (Å²) in [6, 6.07) is 59.2. The maximum atomic E-state index is 9.83. The van der Waals surface area contributed by atoms with Crippen molar-refractivity contribution >= 4 is 43.6 Å². The summed E-state index contributed by atoms with van der Waals surface area (Å²) < 4.78 is 4.51. The van der Waals surface area contributed by atoms with Crippen LogP contribution in [-0.2, 0) is 0 Å². The first-order valence-corrected chi connectivity index (χ1v) is 15.9. The number of rotatable bonds is 4. The third-order valence-electron chi connectivity index (χ3n) is 9.34. The lowest BCUT2D eigenvalue weighted by Gasteiger charge is -2.12. The molecule has 0 spiro atoms. The maximum Gasteiger partial charge on any atom is 0.0992 e. The van der Waals surface area contributed by atoms with Crippen molar-refractivity contribution in [1.82, 2.24) is 9.13 Å². The van der Waals surface area contributed by atoms with Gasteiger partial charge >= 0.3 is 0 Å². The van der Waals surface area contributed by atoms with E-state index in [4.69, 9.17) is 0 Å². The molecule has 0 amide bonds. The summed E-state index contributed by atoms with van der Waals surface area (Å²) in [4.78, 5) is 0. The molecule has 0 radical (unpaired) electrons. The van der Waals surface area contributed by atoms with Gasteiger partial charge in [-0.2, -0.15) is 10.5 Å². The Balaban J connectivity index is 1.36. The number of para-hydroxylation sites is 2. The SMILES string of the molecule is N#Cc1cc(C#N)cc(-n2c3ccc(-c4ccccc4-c4ccccc4)cc3c3cc(-n4c5ccccc5c5ccccc54)ccc32)c1. The molecule has 0 bridgehead atoms. The van der Waals surface area contributed by atoms with Crippen LogP contribution in [0.1, 0.15) is 11.1 Å². The second-order valence-corrected chi connectivity index (χ2v) is 12.0. The number of aromatic nitrogens is 2. The van der Waals surface area contributed by atoms with Crippen LogP contribution in [0.4, 0.5) is 0 Å². The Hall–Kier alpha value is -6.88. The van der Waals surface area contributed by atoms with Crippen LogP contribution in [0, 0.1) is 22.7 Å². The van der Waals surface area contributed by atoms with Gasteiger partial charge in [-0.25, -0.2) is 0 Å². The molecule has 0 fully saturated rings. The molecule has 2 aromatic heterocycles. The zero-order chi connectivity index (χ0) is 32.2. The molecule has 0 saturated carbocycles. The number of hydrogen-bond donors (Lipinski definition) is 0. The van der Waals surface area contributed by atoms with Crippen LogP contribution >= 0.6 is 0 Å². The van der Waals surface area contributed by atoms with Gasteiger partial charge in [-0.05, 0) is 82.9 Å². The van der Waals surface area contributed by atoms with Crippen LogP contribution in [-0.4, -0.2) is 9.13 Å². The van der Waals surface area contributed by atoms with Crippen LogP contribution in [0.5, 0.6) is 0 Å². The molecule has 2 heterocycles. The largest absolute Gasteiger partial charge is 0.309 e. The predicted molar refractivity (Wildman–Crippen MR) is 195 cm³/mol. The lowest BCUT2D eigenvalue weighted by Crippen LogP contribution is -1.97. The van der Waals surface area contributed by atoms with Crippen LogP contribution < -0.4 is 0 Å². The van der Waals surface area contributed by atoms with E-state index in [1.54, 1.807) is 6.07 Å². The summed E-state index contributed by atoms with van der Waals surface area (Å²) in [5.41, 5.74) is 11.7. The van der Waals surface area contributed by atoms with Crippen LogP contribution in [0.2, 0.25) is 0 Å². The lowest BCUT2D eigenvalue weighted by molar-refractivity contribution is 1.16. The highest BCUT2D eigenvalue weighted by atomic mass is 15.0. The summed E-state index contributed by atoms with van der Waals surface area (Å²) in [7, 11) is 0. The molecule has 7 aromatic carbocycles. The average Bonchev–Trinajstić information content (AvgIpc) is 3.67. The molecule has 4 heteroatoms. The standard InChI is InChI=1S/C44H26N4/c45-27-29-22-30(28-46)24-34(23-29)48-43-20-18-32(36-13-5-4-12-35(36)31-10-2-1-3-11-31)25-39(43)40-26-33(19-21-44(40)48)47-41-16-8-6-14-37(41)38-15-7-9-17-42(38)47/h1-26H. The van der Waals surface area contributed by atoms with Crippen molar-refractivity contribution < 1.29 is 0 Å². The van der Waals surface area contributed by atoms with Gasteiger partial charge in [-0.3, -0.25) is 0 Å². The number of benzene rings is 7. The number of nitrogens with zero attached hydrogens (tertiary/aromatic N) is 4. The molecule has 0 N–H and O–H groups in total. The Morgan fingerprint density at radius 1 is 0.354 bits per heavy atom. The molecule has 48 heavy (non-hydrogen) atoms. The van der Waals surface area contributed by atoms with E-state index in [1.165, 1.54) is 21.9 Å². The molecule has 0 aliphatic heterocycles. The van der Waals surface area contributed by atoms with Crippen LogP contribution in [0.3, 0.4) is 0 Å². The fourth-order valence-electron chi connectivity index (χ4n) is 7.27. The fraction of sp³-hybridized carbons (Fsp3) is 0. The number of nitriles is 2. The van der Waals surface area contributed by atoms with Gasteiger partial charge in [-0.15, -0.1) is 0 Å². The minimum absolute atomic E-state index is 0.453. The third kappa shape index (κ3) is 4.22. The van der Waals surface area contributed by atoms with E-state index in [1.807, 2.05) is 18.2 Å².